The van der Waals surface area contributed by atoms with E-state index < -0.39 is 0 Å². The van der Waals surface area contributed by atoms with Crippen LogP contribution in [0.1, 0.15) is 31.9 Å². The van der Waals surface area contributed by atoms with Crippen molar-refractivity contribution in [1.82, 2.24) is 4.57 Å². The number of aromatic nitrogens is 1. The lowest BCUT2D eigenvalue weighted by molar-refractivity contribution is 0.258. The minimum Gasteiger partial charge on any atom is -0.500 e. The number of hydrogen-bond acceptors (Lipinski definition) is 6. The van der Waals surface area contributed by atoms with Gasteiger partial charge in [0.25, 0.3) is 0 Å². The Bertz CT molecular complexity index is 1740. The van der Waals surface area contributed by atoms with Crippen molar-refractivity contribution in [2.45, 2.75) is 27.3 Å². The van der Waals surface area contributed by atoms with Crippen LogP contribution >= 0.6 is 0 Å². The van der Waals surface area contributed by atoms with Crippen molar-refractivity contribution in [2.75, 3.05) is 36.3 Å². The number of nitrogens with zero attached hydrogens (tertiary/aromatic N) is 5. The normalized spacial score (nSPS) is 12.1. The predicted molar refractivity (Wildman–Crippen MR) is 180 cm³/mol. The molecular formula is C36H39N5O2. The van der Waals surface area contributed by atoms with Gasteiger partial charge in [0.05, 0.1) is 48.8 Å². The molecule has 0 radical (unpaired) electrons. The first-order valence-corrected chi connectivity index (χ1v) is 14.7. The number of aliphatic hydroxyl groups excluding tert-OH is 1. The number of rotatable bonds is 13. The van der Waals surface area contributed by atoms with E-state index in [1.54, 1.807) is 0 Å². The summed E-state index contributed by atoms with van der Waals surface area (Å²) in [6.45, 7) is 12.3. The highest BCUT2D eigenvalue weighted by Crippen LogP contribution is 2.31. The number of hydrogen-bond donors (Lipinski definition) is 1. The second kappa shape index (κ2) is 13.9. The average molecular weight is 574 g/mol. The molecule has 0 spiro atoms. The highest BCUT2D eigenvalue weighted by Gasteiger charge is 2.14. The van der Waals surface area contributed by atoms with E-state index >= 15 is 0 Å². The van der Waals surface area contributed by atoms with Crippen LogP contribution in [0.5, 0.6) is 0 Å². The van der Waals surface area contributed by atoms with E-state index in [9.17, 15) is 5.11 Å². The molecular weight excluding hydrogens is 534 g/mol. The SMILES string of the molecule is C=COCCN(/N=C(\C)c1ccc2c(c1)c1cc(/C(C)=N/N(CCO)c3ccccc3)ccc1n2CC)c1ccccc1. The van der Waals surface area contributed by atoms with Gasteiger partial charge < -0.3 is 14.4 Å². The van der Waals surface area contributed by atoms with Gasteiger partial charge in [-0.15, -0.1) is 0 Å². The summed E-state index contributed by atoms with van der Waals surface area (Å²) in [7, 11) is 0. The highest BCUT2D eigenvalue weighted by atomic mass is 16.5. The van der Waals surface area contributed by atoms with Crippen molar-refractivity contribution in [1.29, 1.82) is 0 Å². The molecule has 0 bridgehead atoms. The molecule has 0 aliphatic rings. The fourth-order valence-electron chi connectivity index (χ4n) is 5.36. The number of benzene rings is 4. The summed E-state index contributed by atoms with van der Waals surface area (Å²) in [6, 6.07) is 33.2. The molecule has 0 unspecified atom stereocenters. The van der Waals surface area contributed by atoms with Crippen LogP contribution in [-0.2, 0) is 11.3 Å². The molecule has 0 amide bonds. The molecule has 4 aromatic carbocycles. The predicted octanol–water partition coefficient (Wildman–Crippen LogP) is 7.43. The lowest BCUT2D eigenvalue weighted by Crippen LogP contribution is -2.23. The smallest absolute Gasteiger partial charge is 0.107 e. The molecule has 43 heavy (non-hydrogen) atoms. The van der Waals surface area contributed by atoms with Crippen LogP contribution in [-0.4, -0.2) is 47.4 Å². The summed E-state index contributed by atoms with van der Waals surface area (Å²) in [5, 5.41) is 25.8. The Balaban J connectivity index is 1.55. The topological polar surface area (TPSA) is 65.6 Å². The van der Waals surface area contributed by atoms with E-state index in [1.165, 1.54) is 28.1 Å². The summed E-state index contributed by atoms with van der Waals surface area (Å²) in [4.78, 5) is 0. The monoisotopic (exact) mass is 573 g/mol. The number of para-hydroxylation sites is 2. The van der Waals surface area contributed by atoms with Crippen molar-refractivity contribution in [3.63, 3.8) is 0 Å². The van der Waals surface area contributed by atoms with E-state index in [4.69, 9.17) is 14.9 Å². The van der Waals surface area contributed by atoms with Gasteiger partial charge in [0.2, 0.25) is 0 Å². The number of anilines is 2. The molecule has 0 aliphatic carbocycles. The van der Waals surface area contributed by atoms with Crippen LogP contribution < -0.4 is 10.0 Å². The number of hydrazone groups is 2. The molecule has 1 N–H and O–H groups in total. The van der Waals surface area contributed by atoms with Crippen molar-refractivity contribution in [2.24, 2.45) is 10.2 Å². The molecule has 0 atom stereocenters. The van der Waals surface area contributed by atoms with Crippen molar-refractivity contribution < 1.29 is 9.84 Å². The van der Waals surface area contributed by atoms with Crippen molar-refractivity contribution >= 4 is 44.6 Å². The van der Waals surface area contributed by atoms with Crippen molar-refractivity contribution in [3.05, 3.63) is 121 Å². The summed E-state index contributed by atoms with van der Waals surface area (Å²) >= 11 is 0. The molecule has 0 aliphatic heterocycles. The van der Waals surface area contributed by atoms with E-state index in [2.05, 4.69) is 54.5 Å². The van der Waals surface area contributed by atoms with E-state index in [1.807, 2.05) is 84.5 Å². The molecule has 5 rings (SSSR count). The maximum absolute atomic E-state index is 9.68. The zero-order valence-corrected chi connectivity index (χ0v) is 25.1. The van der Waals surface area contributed by atoms with Crippen LogP contribution in [0.4, 0.5) is 11.4 Å². The molecule has 1 aromatic heterocycles. The van der Waals surface area contributed by atoms with Gasteiger partial charge in [-0.1, -0.05) is 55.1 Å². The average Bonchev–Trinajstić information content (AvgIpc) is 3.37. The van der Waals surface area contributed by atoms with Crippen LogP contribution in [0.2, 0.25) is 0 Å². The first-order chi connectivity index (χ1) is 21.0. The molecule has 1 heterocycles. The standard InChI is InChI=1S/C36H39N5O2/c1-5-39-35-19-17-29(27(3)37-40(21-23-42)31-13-9-7-10-14-31)25-33(35)34-26-30(18-20-36(34)39)28(4)38-41(22-24-43-6-2)32-15-11-8-12-16-32/h6-20,25-26,42H,2,5,21-24H2,1,3-4H3/b37-27+,38-28+. The Morgan fingerprint density at radius 1 is 0.767 bits per heavy atom. The zero-order chi connectivity index (χ0) is 30.2. The maximum Gasteiger partial charge on any atom is 0.107 e. The highest BCUT2D eigenvalue weighted by molar-refractivity contribution is 6.13. The van der Waals surface area contributed by atoms with Crippen molar-refractivity contribution in [3.8, 4) is 0 Å². The molecule has 0 saturated carbocycles. The van der Waals surface area contributed by atoms with E-state index in [0.717, 1.165) is 40.5 Å². The minimum atomic E-state index is 0.0152. The Kier molecular flexibility index (Phi) is 9.54. The first kappa shape index (κ1) is 29.6. The number of aliphatic hydroxyl groups is 1. The summed E-state index contributed by atoms with van der Waals surface area (Å²) in [5.41, 5.74) is 8.21. The van der Waals surface area contributed by atoms with Crippen LogP contribution in [0, 0.1) is 0 Å². The third kappa shape index (κ3) is 6.63. The summed E-state index contributed by atoms with van der Waals surface area (Å²) in [5.74, 6) is 0. The lowest BCUT2D eigenvalue weighted by atomic mass is 10.0. The number of aryl methyl sites for hydroxylation is 1. The minimum absolute atomic E-state index is 0.0152. The Hall–Kier alpha value is -4.88. The zero-order valence-electron chi connectivity index (χ0n) is 25.1. The molecule has 5 aromatic rings. The molecule has 7 nitrogen and oxygen atoms in total. The van der Waals surface area contributed by atoms with Gasteiger partial charge in [0, 0.05) is 28.4 Å². The largest absolute Gasteiger partial charge is 0.500 e. The van der Waals surface area contributed by atoms with Gasteiger partial charge in [-0.05, 0) is 80.4 Å². The van der Waals surface area contributed by atoms with Crippen LogP contribution in [0.25, 0.3) is 21.8 Å². The number of ether oxygens (including phenoxy) is 1. The molecule has 7 heteroatoms. The van der Waals surface area contributed by atoms with Gasteiger partial charge in [-0.2, -0.15) is 10.2 Å². The molecule has 0 saturated heterocycles. The second-order valence-corrected chi connectivity index (χ2v) is 10.3. The Morgan fingerprint density at radius 2 is 1.26 bits per heavy atom. The summed E-state index contributed by atoms with van der Waals surface area (Å²) < 4.78 is 7.76. The third-order valence-electron chi connectivity index (χ3n) is 7.52. The number of fused-ring (bicyclic) bond motifs is 3. The van der Waals surface area contributed by atoms with Gasteiger partial charge in [-0.25, -0.2) is 0 Å². The van der Waals surface area contributed by atoms with Crippen LogP contribution in [0.3, 0.4) is 0 Å². The van der Waals surface area contributed by atoms with Crippen LogP contribution in [0.15, 0.2) is 120 Å². The maximum atomic E-state index is 9.68. The van der Waals surface area contributed by atoms with E-state index in [-0.39, 0.29) is 6.61 Å². The lowest BCUT2D eigenvalue weighted by Gasteiger charge is -2.20. The Morgan fingerprint density at radius 3 is 1.70 bits per heavy atom. The second-order valence-electron chi connectivity index (χ2n) is 10.3. The fraction of sp³-hybridized carbons (Fsp3) is 0.222. The van der Waals surface area contributed by atoms with Gasteiger partial charge in [0.1, 0.15) is 6.61 Å². The summed E-state index contributed by atoms with van der Waals surface area (Å²) in [6.07, 6.45) is 1.46. The molecule has 220 valence electrons. The van der Waals surface area contributed by atoms with E-state index in [0.29, 0.717) is 19.7 Å². The fourth-order valence-corrected chi connectivity index (χ4v) is 5.36. The molecule has 0 fully saturated rings. The Labute approximate surface area is 253 Å². The quantitative estimate of drug-likeness (QED) is 0.0689. The third-order valence-corrected chi connectivity index (χ3v) is 7.52. The van der Waals surface area contributed by atoms with Gasteiger partial charge in [-0.3, -0.25) is 10.0 Å². The van der Waals surface area contributed by atoms with Gasteiger partial charge >= 0.3 is 0 Å². The van der Waals surface area contributed by atoms with Gasteiger partial charge in [0.15, 0.2) is 0 Å². The first-order valence-electron chi connectivity index (χ1n) is 14.7.